The molecule has 1 aromatic rings. The first-order chi connectivity index (χ1) is 7.15. The van der Waals surface area contributed by atoms with Crippen molar-refractivity contribution in [2.75, 3.05) is 19.7 Å². The predicted molar refractivity (Wildman–Crippen MR) is 59.2 cm³/mol. The zero-order valence-electron chi connectivity index (χ0n) is 8.65. The lowest BCUT2D eigenvalue weighted by atomic mass is 10.2. The van der Waals surface area contributed by atoms with Crippen LogP contribution in [0.4, 0.5) is 0 Å². The molecule has 0 aromatic heterocycles. The molecule has 1 aliphatic rings. The lowest BCUT2D eigenvalue weighted by Crippen LogP contribution is -2.41. The highest BCUT2D eigenvalue weighted by Gasteiger charge is 2.35. The van der Waals surface area contributed by atoms with Crippen molar-refractivity contribution in [3.8, 4) is 0 Å². The standard InChI is InChI=1S/C11H14ClNO2/c1-2-13(14)7-8-15-11(13)9-3-5-10(12)6-4-9/h3-6,11H,2,7-8H2,1H3. The molecule has 4 heteroatoms. The summed E-state index contributed by atoms with van der Waals surface area (Å²) >= 11 is 5.80. The SMILES string of the molecule is CC[N+]1([O-])CCOC1c1ccc(Cl)cc1. The summed E-state index contributed by atoms with van der Waals surface area (Å²) in [6, 6.07) is 7.30. The maximum Gasteiger partial charge on any atom is 0.220 e. The summed E-state index contributed by atoms with van der Waals surface area (Å²) in [6.45, 7) is 3.49. The van der Waals surface area contributed by atoms with E-state index in [2.05, 4.69) is 0 Å². The number of hydrogen-bond donors (Lipinski definition) is 0. The molecule has 1 aliphatic heterocycles. The van der Waals surface area contributed by atoms with Gasteiger partial charge in [-0.05, 0) is 31.2 Å². The highest BCUT2D eigenvalue weighted by atomic mass is 35.5. The van der Waals surface area contributed by atoms with Gasteiger partial charge in [-0.2, -0.15) is 0 Å². The van der Waals surface area contributed by atoms with Crippen molar-refractivity contribution in [2.24, 2.45) is 0 Å². The van der Waals surface area contributed by atoms with Crippen molar-refractivity contribution in [1.29, 1.82) is 0 Å². The van der Waals surface area contributed by atoms with Crippen LogP contribution in [0.1, 0.15) is 18.7 Å². The fourth-order valence-electron chi connectivity index (χ4n) is 1.89. The lowest BCUT2D eigenvalue weighted by Gasteiger charge is -2.41. The molecule has 0 radical (unpaired) electrons. The zero-order chi connectivity index (χ0) is 10.9. The molecular weight excluding hydrogens is 214 g/mol. The van der Waals surface area contributed by atoms with Crippen LogP contribution in [0.15, 0.2) is 24.3 Å². The second-order valence-electron chi connectivity index (χ2n) is 3.77. The number of quaternary nitrogens is 1. The van der Waals surface area contributed by atoms with Crippen molar-refractivity contribution in [2.45, 2.75) is 13.2 Å². The Kier molecular flexibility index (Phi) is 2.98. The van der Waals surface area contributed by atoms with E-state index in [-0.39, 0.29) is 10.9 Å². The van der Waals surface area contributed by atoms with Crippen LogP contribution in [-0.4, -0.2) is 24.3 Å². The topological polar surface area (TPSA) is 32.3 Å². The average molecular weight is 228 g/mol. The summed E-state index contributed by atoms with van der Waals surface area (Å²) in [5, 5.41) is 12.9. The van der Waals surface area contributed by atoms with Crippen LogP contribution in [0.5, 0.6) is 0 Å². The molecule has 2 rings (SSSR count). The summed E-state index contributed by atoms with van der Waals surface area (Å²) < 4.78 is 5.21. The van der Waals surface area contributed by atoms with E-state index in [0.29, 0.717) is 24.7 Å². The third-order valence-corrected chi connectivity index (χ3v) is 3.12. The van der Waals surface area contributed by atoms with E-state index < -0.39 is 0 Å². The Bertz CT molecular complexity index is 341. The molecule has 1 aromatic carbocycles. The minimum absolute atomic E-state index is 0.290. The fraction of sp³-hybridized carbons (Fsp3) is 0.455. The van der Waals surface area contributed by atoms with Gasteiger partial charge in [0.1, 0.15) is 13.2 Å². The van der Waals surface area contributed by atoms with Crippen LogP contribution in [0.25, 0.3) is 0 Å². The van der Waals surface area contributed by atoms with E-state index in [4.69, 9.17) is 16.3 Å². The van der Waals surface area contributed by atoms with Crippen LogP contribution >= 0.6 is 11.6 Å². The number of rotatable bonds is 2. The number of benzene rings is 1. The van der Waals surface area contributed by atoms with Crippen LogP contribution in [0.3, 0.4) is 0 Å². The van der Waals surface area contributed by atoms with E-state index in [1.54, 1.807) is 12.1 Å². The quantitative estimate of drug-likeness (QED) is 0.575. The monoisotopic (exact) mass is 227 g/mol. The maximum absolute atomic E-state index is 12.3. The van der Waals surface area contributed by atoms with E-state index >= 15 is 0 Å². The molecule has 0 saturated carbocycles. The first-order valence-electron chi connectivity index (χ1n) is 5.10. The summed E-state index contributed by atoms with van der Waals surface area (Å²) in [6.07, 6.45) is -0.382. The Hall–Kier alpha value is -0.610. The number of nitrogens with zero attached hydrogens (tertiary/aromatic N) is 1. The van der Waals surface area contributed by atoms with Crippen molar-refractivity contribution < 1.29 is 9.38 Å². The molecule has 0 aliphatic carbocycles. The molecule has 15 heavy (non-hydrogen) atoms. The number of hydrogen-bond acceptors (Lipinski definition) is 2. The smallest absolute Gasteiger partial charge is 0.220 e. The molecule has 1 saturated heterocycles. The number of likely N-dealkylation sites (N-methyl/N-ethyl adjacent to an activating group) is 1. The second-order valence-corrected chi connectivity index (χ2v) is 4.20. The molecule has 0 bridgehead atoms. The Balaban J connectivity index is 2.27. The number of ether oxygens (including phenoxy) is 1. The molecule has 0 N–H and O–H groups in total. The Labute approximate surface area is 94.4 Å². The number of halogens is 1. The summed E-state index contributed by atoms with van der Waals surface area (Å²) in [7, 11) is 0. The molecule has 82 valence electrons. The van der Waals surface area contributed by atoms with Gasteiger partial charge in [0.25, 0.3) is 0 Å². The average Bonchev–Trinajstić information content (AvgIpc) is 2.63. The summed E-state index contributed by atoms with van der Waals surface area (Å²) in [5.74, 6) is 0. The normalized spacial score (nSPS) is 30.7. The van der Waals surface area contributed by atoms with Gasteiger partial charge in [-0.1, -0.05) is 11.6 Å². The van der Waals surface area contributed by atoms with E-state index in [9.17, 15) is 5.21 Å². The van der Waals surface area contributed by atoms with Crippen LogP contribution in [-0.2, 0) is 4.74 Å². The van der Waals surface area contributed by atoms with Crippen molar-refractivity contribution in [1.82, 2.24) is 0 Å². The van der Waals surface area contributed by atoms with Gasteiger partial charge in [-0.3, -0.25) is 0 Å². The van der Waals surface area contributed by atoms with Crippen molar-refractivity contribution >= 4 is 11.6 Å². The van der Waals surface area contributed by atoms with Crippen LogP contribution in [0.2, 0.25) is 5.02 Å². The maximum atomic E-state index is 12.3. The molecule has 0 spiro atoms. The van der Waals surface area contributed by atoms with Gasteiger partial charge in [0, 0.05) is 10.6 Å². The van der Waals surface area contributed by atoms with Gasteiger partial charge in [-0.15, -0.1) is 0 Å². The molecule has 3 nitrogen and oxygen atoms in total. The minimum Gasteiger partial charge on any atom is -0.631 e. The van der Waals surface area contributed by atoms with Crippen molar-refractivity contribution in [3.05, 3.63) is 40.1 Å². The minimum atomic E-state index is -0.382. The van der Waals surface area contributed by atoms with Crippen LogP contribution < -0.4 is 0 Å². The zero-order valence-corrected chi connectivity index (χ0v) is 9.41. The first-order valence-corrected chi connectivity index (χ1v) is 5.48. The largest absolute Gasteiger partial charge is 0.631 e. The third-order valence-electron chi connectivity index (χ3n) is 2.86. The van der Waals surface area contributed by atoms with Crippen molar-refractivity contribution in [3.63, 3.8) is 0 Å². The molecular formula is C11H14ClNO2. The molecule has 1 heterocycles. The van der Waals surface area contributed by atoms with E-state index in [1.165, 1.54) is 0 Å². The predicted octanol–water partition coefficient (Wildman–Crippen LogP) is 2.70. The molecule has 2 atom stereocenters. The highest BCUT2D eigenvalue weighted by Crippen LogP contribution is 2.33. The molecule has 2 unspecified atom stereocenters. The van der Waals surface area contributed by atoms with Gasteiger partial charge in [0.15, 0.2) is 0 Å². The lowest BCUT2D eigenvalue weighted by molar-refractivity contribution is -0.909. The van der Waals surface area contributed by atoms with E-state index in [0.717, 1.165) is 5.56 Å². The van der Waals surface area contributed by atoms with Gasteiger partial charge in [0.2, 0.25) is 6.23 Å². The molecule has 0 amide bonds. The summed E-state index contributed by atoms with van der Waals surface area (Å²) in [5.41, 5.74) is 0.911. The number of hydroxylamine groups is 3. The Morgan fingerprint density at radius 1 is 1.47 bits per heavy atom. The third kappa shape index (κ3) is 2.01. The molecule has 1 fully saturated rings. The van der Waals surface area contributed by atoms with Gasteiger partial charge in [0.05, 0.1) is 6.54 Å². The van der Waals surface area contributed by atoms with E-state index in [1.807, 2.05) is 19.1 Å². The first kappa shape index (κ1) is 10.9. The van der Waals surface area contributed by atoms with Gasteiger partial charge < -0.3 is 14.6 Å². The van der Waals surface area contributed by atoms with Gasteiger partial charge >= 0.3 is 0 Å². The fourth-order valence-corrected chi connectivity index (χ4v) is 2.02. The second kappa shape index (κ2) is 4.10. The Morgan fingerprint density at radius 2 is 2.13 bits per heavy atom. The Morgan fingerprint density at radius 3 is 2.73 bits per heavy atom. The van der Waals surface area contributed by atoms with Crippen LogP contribution in [0, 0.1) is 5.21 Å². The summed E-state index contributed by atoms with van der Waals surface area (Å²) in [4.78, 5) is 0. The highest BCUT2D eigenvalue weighted by molar-refractivity contribution is 6.30. The van der Waals surface area contributed by atoms with Gasteiger partial charge in [-0.25, -0.2) is 0 Å².